The standard InChI is InChI=1S/C34H27F4N3O/c35-31-16-10-26(11-17-31)23-40(22-25-8-12-29(13-9-25)28-6-2-1-3-7-28)33(42)41(24-27-5-4-20-39-21-27)32-18-14-30(15-19-32)34(36,37)38/h1-21H,22-24H2. The number of amides is 2. The summed E-state index contributed by atoms with van der Waals surface area (Å²) in [7, 11) is 0. The number of rotatable bonds is 8. The number of benzene rings is 4. The zero-order chi connectivity index (χ0) is 29.5. The zero-order valence-electron chi connectivity index (χ0n) is 22.5. The first-order valence-electron chi connectivity index (χ1n) is 13.3. The summed E-state index contributed by atoms with van der Waals surface area (Å²) in [5.41, 5.74) is 3.87. The van der Waals surface area contributed by atoms with E-state index in [2.05, 4.69) is 4.98 Å². The second kappa shape index (κ2) is 12.7. The largest absolute Gasteiger partial charge is 0.416 e. The number of urea groups is 1. The Morgan fingerprint density at radius 3 is 1.81 bits per heavy atom. The van der Waals surface area contributed by atoms with Crippen molar-refractivity contribution >= 4 is 11.7 Å². The smallest absolute Gasteiger partial charge is 0.316 e. The number of carbonyl (C=O) groups excluding carboxylic acids is 1. The van der Waals surface area contributed by atoms with Crippen molar-refractivity contribution in [2.75, 3.05) is 4.90 Å². The predicted octanol–water partition coefficient (Wildman–Crippen LogP) is 8.74. The lowest BCUT2D eigenvalue weighted by atomic mass is 10.0. The van der Waals surface area contributed by atoms with Gasteiger partial charge < -0.3 is 4.90 Å². The number of aromatic nitrogens is 1. The second-order valence-electron chi connectivity index (χ2n) is 9.82. The van der Waals surface area contributed by atoms with Crippen LogP contribution in [0, 0.1) is 5.82 Å². The molecule has 212 valence electrons. The fourth-order valence-corrected chi connectivity index (χ4v) is 4.60. The maximum Gasteiger partial charge on any atom is 0.416 e. The maximum absolute atomic E-state index is 14.2. The first kappa shape index (κ1) is 28.5. The molecule has 1 heterocycles. The molecule has 5 rings (SSSR count). The molecule has 0 bridgehead atoms. The van der Waals surface area contributed by atoms with Gasteiger partial charge in [-0.3, -0.25) is 9.88 Å². The van der Waals surface area contributed by atoms with Crippen molar-refractivity contribution in [2.45, 2.75) is 25.8 Å². The molecule has 8 heteroatoms. The van der Waals surface area contributed by atoms with Gasteiger partial charge in [-0.05, 0) is 70.3 Å². The molecule has 0 unspecified atom stereocenters. The van der Waals surface area contributed by atoms with Gasteiger partial charge in [-0.25, -0.2) is 9.18 Å². The van der Waals surface area contributed by atoms with Gasteiger partial charge in [0.2, 0.25) is 0 Å². The number of hydrogen-bond acceptors (Lipinski definition) is 2. The fraction of sp³-hybridized carbons (Fsp3) is 0.118. The Hall–Kier alpha value is -4.98. The SMILES string of the molecule is O=C(N(Cc1ccc(F)cc1)Cc1ccc(-c2ccccc2)cc1)N(Cc1cccnc1)c1ccc(C(F)(F)F)cc1. The summed E-state index contributed by atoms with van der Waals surface area (Å²) >= 11 is 0. The van der Waals surface area contributed by atoms with E-state index in [0.717, 1.165) is 28.8 Å². The number of hydrogen-bond donors (Lipinski definition) is 0. The molecule has 4 nitrogen and oxygen atoms in total. The Morgan fingerprint density at radius 2 is 1.24 bits per heavy atom. The number of pyridine rings is 1. The van der Waals surface area contributed by atoms with Crippen LogP contribution in [-0.2, 0) is 25.8 Å². The van der Waals surface area contributed by atoms with Gasteiger partial charge in [0.05, 0.1) is 12.1 Å². The number of alkyl halides is 3. The quantitative estimate of drug-likeness (QED) is 0.175. The Kier molecular flexibility index (Phi) is 8.62. The third-order valence-electron chi connectivity index (χ3n) is 6.79. The molecule has 0 saturated carbocycles. The lowest BCUT2D eigenvalue weighted by Gasteiger charge is -2.31. The molecular weight excluding hydrogens is 542 g/mol. The minimum absolute atomic E-state index is 0.0882. The Bertz CT molecular complexity index is 1590. The highest BCUT2D eigenvalue weighted by atomic mass is 19.4. The molecule has 0 aliphatic carbocycles. The topological polar surface area (TPSA) is 36.4 Å². The van der Waals surface area contributed by atoms with Crippen molar-refractivity contribution in [3.63, 3.8) is 0 Å². The van der Waals surface area contributed by atoms with Gasteiger partial charge in [0.1, 0.15) is 5.82 Å². The van der Waals surface area contributed by atoms with E-state index in [1.807, 2.05) is 54.6 Å². The van der Waals surface area contributed by atoms with Crippen LogP contribution in [0.25, 0.3) is 11.1 Å². The monoisotopic (exact) mass is 569 g/mol. The molecule has 0 saturated heterocycles. The van der Waals surface area contributed by atoms with Crippen molar-refractivity contribution in [2.24, 2.45) is 0 Å². The molecule has 5 aromatic rings. The lowest BCUT2D eigenvalue weighted by molar-refractivity contribution is -0.137. The van der Waals surface area contributed by atoms with Crippen LogP contribution in [0.2, 0.25) is 0 Å². The molecule has 0 fully saturated rings. The molecule has 0 N–H and O–H groups in total. The summed E-state index contributed by atoms with van der Waals surface area (Å²) in [6.45, 7) is 0.462. The van der Waals surface area contributed by atoms with Crippen LogP contribution < -0.4 is 4.90 Å². The number of nitrogens with zero attached hydrogens (tertiary/aromatic N) is 3. The van der Waals surface area contributed by atoms with E-state index in [-0.39, 0.29) is 19.6 Å². The fourth-order valence-electron chi connectivity index (χ4n) is 4.60. The predicted molar refractivity (Wildman–Crippen MR) is 155 cm³/mol. The van der Waals surface area contributed by atoms with E-state index in [4.69, 9.17) is 0 Å². The van der Waals surface area contributed by atoms with Crippen molar-refractivity contribution in [3.05, 3.63) is 156 Å². The molecule has 0 aliphatic heterocycles. The van der Waals surface area contributed by atoms with Crippen molar-refractivity contribution in [1.29, 1.82) is 0 Å². The molecule has 0 atom stereocenters. The number of anilines is 1. The van der Waals surface area contributed by atoms with Gasteiger partial charge in [-0.2, -0.15) is 13.2 Å². The average molecular weight is 570 g/mol. The van der Waals surface area contributed by atoms with Crippen LogP contribution in [0.15, 0.2) is 128 Å². The average Bonchev–Trinajstić information content (AvgIpc) is 3.01. The van der Waals surface area contributed by atoms with E-state index >= 15 is 0 Å². The van der Waals surface area contributed by atoms with E-state index in [1.54, 1.807) is 41.6 Å². The van der Waals surface area contributed by atoms with Gasteiger partial charge in [0.15, 0.2) is 0 Å². The molecule has 0 aliphatic rings. The summed E-state index contributed by atoms with van der Waals surface area (Å²) in [6, 6.07) is 31.2. The molecule has 0 radical (unpaired) electrons. The van der Waals surface area contributed by atoms with Gasteiger partial charge in [-0.1, -0.05) is 72.8 Å². The Morgan fingerprint density at radius 1 is 0.643 bits per heavy atom. The Balaban J connectivity index is 1.48. The van der Waals surface area contributed by atoms with Gasteiger partial charge in [0, 0.05) is 31.2 Å². The van der Waals surface area contributed by atoms with Crippen LogP contribution in [0.3, 0.4) is 0 Å². The molecular formula is C34H27F4N3O. The molecule has 42 heavy (non-hydrogen) atoms. The second-order valence-corrected chi connectivity index (χ2v) is 9.82. The lowest BCUT2D eigenvalue weighted by Crippen LogP contribution is -2.42. The maximum atomic E-state index is 14.2. The Labute approximate surface area is 241 Å². The highest BCUT2D eigenvalue weighted by Gasteiger charge is 2.31. The highest BCUT2D eigenvalue weighted by Crippen LogP contribution is 2.31. The van der Waals surface area contributed by atoms with Crippen molar-refractivity contribution < 1.29 is 22.4 Å². The van der Waals surface area contributed by atoms with Gasteiger partial charge in [0.25, 0.3) is 0 Å². The first-order chi connectivity index (χ1) is 20.3. The minimum Gasteiger partial charge on any atom is -0.316 e. The van der Waals surface area contributed by atoms with Crippen molar-refractivity contribution in [3.8, 4) is 11.1 Å². The van der Waals surface area contributed by atoms with Crippen LogP contribution in [0.5, 0.6) is 0 Å². The van der Waals surface area contributed by atoms with Gasteiger partial charge in [-0.15, -0.1) is 0 Å². The first-order valence-corrected chi connectivity index (χ1v) is 13.3. The van der Waals surface area contributed by atoms with Gasteiger partial charge >= 0.3 is 12.2 Å². The van der Waals surface area contributed by atoms with E-state index in [1.165, 1.54) is 29.2 Å². The third kappa shape index (κ3) is 7.20. The van der Waals surface area contributed by atoms with Crippen LogP contribution in [0.1, 0.15) is 22.3 Å². The summed E-state index contributed by atoms with van der Waals surface area (Å²) < 4.78 is 53.5. The third-order valence-corrected chi connectivity index (χ3v) is 6.79. The molecule has 1 aromatic heterocycles. The summed E-state index contributed by atoms with van der Waals surface area (Å²) in [6.07, 6.45) is -1.29. The molecule has 2 amide bonds. The molecule has 0 spiro atoms. The van der Waals surface area contributed by atoms with Crippen molar-refractivity contribution in [1.82, 2.24) is 9.88 Å². The normalized spacial score (nSPS) is 11.2. The molecule has 4 aromatic carbocycles. The van der Waals surface area contributed by atoms with E-state index < -0.39 is 23.6 Å². The minimum atomic E-state index is -4.50. The van der Waals surface area contributed by atoms with E-state index in [9.17, 15) is 22.4 Å². The zero-order valence-corrected chi connectivity index (χ0v) is 22.5. The summed E-state index contributed by atoms with van der Waals surface area (Å²) in [5, 5.41) is 0. The number of halogens is 4. The van der Waals surface area contributed by atoms with Crippen LogP contribution in [0.4, 0.5) is 28.0 Å². The number of carbonyl (C=O) groups is 1. The highest BCUT2D eigenvalue weighted by molar-refractivity contribution is 5.92. The summed E-state index contributed by atoms with van der Waals surface area (Å²) in [5.74, 6) is -0.393. The van der Waals surface area contributed by atoms with Crippen LogP contribution >= 0.6 is 0 Å². The van der Waals surface area contributed by atoms with E-state index in [0.29, 0.717) is 16.8 Å². The summed E-state index contributed by atoms with van der Waals surface area (Å²) in [4.78, 5) is 21.4. The van der Waals surface area contributed by atoms with Crippen LogP contribution in [-0.4, -0.2) is 15.9 Å².